The van der Waals surface area contributed by atoms with Gasteiger partial charge in [0.15, 0.2) is 5.78 Å². The lowest BCUT2D eigenvalue weighted by Crippen LogP contribution is -2.36. The Hall–Kier alpha value is -0.700. The van der Waals surface area contributed by atoms with E-state index in [9.17, 15) is 9.59 Å². The second-order valence-electron chi connectivity index (χ2n) is 3.93. The fourth-order valence-corrected chi connectivity index (χ4v) is 1.32. The predicted molar refractivity (Wildman–Crippen MR) is 54.9 cm³/mol. The van der Waals surface area contributed by atoms with Crippen LogP contribution in [0.4, 0.5) is 0 Å². The van der Waals surface area contributed by atoms with E-state index in [1.807, 2.05) is 0 Å². The van der Waals surface area contributed by atoms with E-state index in [1.54, 1.807) is 0 Å². The zero-order valence-electron chi connectivity index (χ0n) is 10.6. The van der Waals surface area contributed by atoms with E-state index in [0.717, 1.165) is 12.8 Å². The Kier molecular flexibility index (Phi) is 3.22. The molecular weight excluding hydrogens is 178 g/mol. The second-order valence-corrected chi connectivity index (χ2v) is 3.93. The monoisotopic (exact) mass is 199 g/mol. The smallest absolute Gasteiger partial charge is 0.214 e. The van der Waals surface area contributed by atoms with Crippen LogP contribution in [0.5, 0.6) is 0 Å². The van der Waals surface area contributed by atoms with Gasteiger partial charge in [-0.05, 0) is 25.2 Å². The number of hydrogen-bond acceptors (Lipinski definition) is 3. The van der Waals surface area contributed by atoms with Gasteiger partial charge in [0.25, 0.3) is 0 Å². The van der Waals surface area contributed by atoms with Gasteiger partial charge >= 0.3 is 0 Å². The normalized spacial score (nSPS) is 21.0. The highest BCUT2D eigenvalue weighted by molar-refractivity contribution is 6.39. The third-order valence-corrected chi connectivity index (χ3v) is 2.49. The van der Waals surface area contributed by atoms with Crippen LogP contribution in [0.1, 0.15) is 48.1 Å². The van der Waals surface area contributed by atoms with E-state index in [2.05, 4.69) is 0 Å². The summed E-state index contributed by atoms with van der Waals surface area (Å²) in [7, 11) is 0. The van der Waals surface area contributed by atoms with Crippen molar-refractivity contribution < 1.29 is 12.3 Å². The summed E-state index contributed by atoms with van der Waals surface area (Å²) in [5.74, 6) is -0.524. The molecule has 0 amide bonds. The topological polar surface area (TPSA) is 60.2 Å². The highest BCUT2D eigenvalue weighted by Gasteiger charge is 2.29. The van der Waals surface area contributed by atoms with E-state index < -0.39 is 18.2 Å². The molecule has 0 aromatic rings. The molecule has 3 nitrogen and oxygen atoms in total. The zero-order valence-corrected chi connectivity index (χ0v) is 8.58. The van der Waals surface area contributed by atoms with Crippen molar-refractivity contribution >= 4 is 11.6 Å². The van der Waals surface area contributed by atoms with Crippen LogP contribution in [0, 0.1) is 5.92 Å². The summed E-state index contributed by atoms with van der Waals surface area (Å²) in [5, 5.41) is 0. The summed E-state index contributed by atoms with van der Waals surface area (Å²) in [4.78, 5) is 23.0. The Bertz CT molecular complexity index is 282. The highest BCUT2D eigenvalue weighted by atomic mass is 16.2. The summed E-state index contributed by atoms with van der Waals surface area (Å²) >= 11 is 0. The van der Waals surface area contributed by atoms with Crippen molar-refractivity contribution in [2.45, 2.75) is 51.4 Å². The van der Waals surface area contributed by atoms with Crippen LogP contribution in [0.3, 0.4) is 0 Å². The molecule has 0 aromatic carbocycles. The van der Waals surface area contributed by atoms with E-state index in [-0.39, 0.29) is 18.6 Å². The molecule has 1 aliphatic rings. The third kappa shape index (κ3) is 3.58. The summed E-state index contributed by atoms with van der Waals surface area (Å²) in [6, 6.07) is -0.832. The maximum Gasteiger partial charge on any atom is 0.214 e. The second kappa shape index (κ2) is 5.25. The Morgan fingerprint density at radius 1 is 1.57 bits per heavy atom. The standard InChI is InChI=1S/C11H19NO2/c1-2-3-4-9(12)11(14)10(13)7-8-5-6-8/h8-9H,2-7,12H2,1H3/t9-/m0/s1/i2D2. The van der Waals surface area contributed by atoms with Crippen LogP contribution in [0.25, 0.3) is 0 Å². The number of hydrogen-bond donors (Lipinski definition) is 1. The van der Waals surface area contributed by atoms with Crippen LogP contribution in [0.2, 0.25) is 0 Å². The number of ketones is 2. The van der Waals surface area contributed by atoms with Crippen LogP contribution >= 0.6 is 0 Å². The first-order valence-corrected chi connectivity index (χ1v) is 5.12. The van der Waals surface area contributed by atoms with Crippen molar-refractivity contribution in [1.29, 1.82) is 0 Å². The molecule has 1 fully saturated rings. The molecule has 0 bridgehead atoms. The highest BCUT2D eigenvalue weighted by Crippen LogP contribution is 2.32. The Balaban J connectivity index is 2.31. The van der Waals surface area contributed by atoms with Crippen LogP contribution in [-0.2, 0) is 9.59 Å². The van der Waals surface area contributed by atoms with Gasteiger partial charge in [0.1, 0.15) is 0 Å². The fourth-order valence-electron chi connectivity index (χ4n) is 1.32. The Morgan fingerprint density at radius 2 is 2.21 bits per heavy atom. The molecule has 14 heavy (non-hydrogen) atoms. The van der Waals surface area contributed by atoms with Gasteiger partial charge < -0.3 is 5.73 Å². The molecule has 0 aliphatic heterocycles. The minimum atomic E-state index is -1.34. The molecule has 3 heteroatoms. The van der Waals surface area contributed by atoms with Gasteiger partial charge in [0.05, 0.1) is 6.04 Å². The summed E-state index contributed by atoms with van der Waals surface area (Å²) in [6.45, 7) is 1.44. The molecule has 1 atom stereocenters. The average molecular weight is 199 g/mol. The molecule has 0 spiro atoms. The molecule has 1 rings (SSSR count). The number of rotatable bonds is 7. The minimum Gasteiger partial charge on any atom is -0.321 e. The lowest BCUT2D eigenvalue weighted by molar-refractivity contribution is -0.137. The van der Waals surface area contributed by atoms with Crippen molar-refractivity contribution in [3.63, 3.8) is 0 Å². The third-order valence-electron chi connectivity index (χ3n) is 2.49. The van der Waals surface area contributed by atoms with Crippen LogP contribution in [-0.4, -0.2) is 17.6 Å². The van der Waals surface area contributed by atoms with Crippen molar-refractivity contribution in [1.82, 2.24) is 0 Å². The van der Waals surface area contributed by atoms with Crippen molar-refractivity contribution in [2.24, 2.45) is 11.7 Å². The summed E-state index contributed by atoms with van der Waals surface area (Å²) < 4.78 is 14.6. The lowest BCUT2D eigenvalue weighted by atomic mass is 10.0. The van der Waals surface area contributed by atoms with Crippen LogP contribution in [0.15, 0.2) is 0 Å². The minimum absolute atomic E-state index is 0.205. The first-order valence-electron chi connectivity index (χ1n) is 6.12. The molecule has 0 saturated heterocycles. The van der Waals surface area contributed by atoms with Crippen molar-refractivity contribution in [2.75, 3.05) is 0 Å². The number of carbonyl (C=O) groups is 2. The molecule has 0 unspecified atom stereocenters. The van der Waals surface area contributed by atoms with Gasteiger partial charge in [-0.2, -0.15) is 0 Å². The van der Waals surface area contributed by atoms with Gasteiger partial charge in [0, 0.05) is 9.16 Å². The van der Waals surface area contributed by atoms with Gasteiger partial charge in [-0.15, -0.1) is 0 Å². The molecule has 0 radical (unpaired) electrons. The number of Topliss-reactive ketones (excluding diaryl/α,β-unsaturated/α-hetero) is 2. The molecule has 80 valence electrons. The molecule has 1 aliphatic carbocycles. The average Bonchev–Trinajstić information content (AvgIpc) is 2.95. The Labute approximate surface area is 87.9 Å². The lowest BCUT2D eigenvalue weighted by Gasteiger charge is -2.08. The van der Waals surface area contributed by atoms with Gasteiger partial charge in [-0.1, -0.05) is 19.7 Å². The Morgan fingerprint density at radius 3 is 2.71 bits per heavy atom. The quantitative estimate of drug-likeness (QED) is 0.631. The van der Waals surface area contributed by atoms with E-state index in [1.165, 1.54) is 6.92 Å². The van der Waals surface area contributed by atoms with Gasteiger partial charge in [-0.25, -0.2) is 0 Å². The molecule has 2 N–H and O–H groups in total. The zero-order chi connectivity index (χ0) is 12.3. The van der Waals surface area contributed by atoms with E-state index in [4.69, 9.17) is 8.48 Å². The van der Waals surface area contributed by atoms with Crippen LogP contribution < -0.4 is 5.73 Å². The molecule has 0 aromatic heterocycles. The SMILES string of the molecule is [2H]C([2H])(C)CC[C@H](N)C(=O)C(=O)CC1CC1. The van der Waals surface area contributed by atoms with Crippen molar-refractivity contribution in [3.8, 4) is 0 Å². The maximum absolute atomic E-state index is 11.5. The number of nitrogens with two attached hydrogens (primary N) is 1. The largest absolute Gasteiger partial charge is 0.321 e. The first kappa shape index (κ1) is 8.60. The number of carbonyl (C=O) groups excluding carboxylic acids is 2. The molecular formula is C11H19NO2. The van der Waals surface area contributed by atoms with E-state index in [0.29, 0.717) is 12.3 Å². The predicted octanol–water partition coefficient (Wildman–Crippen LogP) is 1.44. The summed E-state index contributed by atoms with van der Waals surface area (Å²) in [5.41, 5.74) is 5.58. The summed E-state index contributed by atoms with van der Waals surface area (Å²) in [6.07, 6.45) is 1.50. The van der Waals surface area contributed by atoms with E-state index >= 15 is 0 Å². The van der Waals surface area contributed by atoms with Gasteiger partial charge in [-0.3, -0.25) is 9.59 Å². The van der Waals surface area contributed by atoms with Gasteiger partial charge in [0.2, 0.25) is 5.78 Å². The fraction of sp³-hybridized carbons (Fsp3) is 0.818. The molecule has 1 saturated carbocycles. The molecule has 0 heterocycles. The first-order chi connectivity index (χ1) is 7.29. The van der Waals surface area contributed by atoms with Crippen molar-refractivity contribution in [3.05, 3.63) is 0 Å². The maximum atomic E-state index is 11.5.